The standard InChI is InChI=1S/C7H14.C7H8.C6H12.C5H10O2.C5H10.C5H12.C4H8.C4H10/c2*1-7-5-3-2-4-6-7;1-6-4-2-3-5-6;1-3-4-5(6)7-2;1-5-3-2-4-5;1-5(2,3)4;1-4-2-3-4;1-4(2)3/h7H,2-6H2,1H3;2-6H,1H3;6H,2-5H2,1H3;3-4H2,1-2H3;5H,2-4H2,1H3;1-4H3;4H,2-3H2,1H3;4H,1-3H3. The van der Waals surface area contributed by atoms with Crippen LogP contribution in [-0.2, 0) is 9.53 Å². The summed E-state index contributed by atoms with van der Waals surface area (Å²) in [5, 5.41) is 0. The minimum absolute atomic E-state index is 0.123. The van der Waals surface area contributed by atoms with Gasteiger partial charge in [0.25, 0.3) is 0 Å². The predicted octanol–water partition coefficient (Wildman–Crippen LogP) is 14.7. The highest BCUT2D eigenvalue weighted by Crippen LogP contribution is 2.27. The van der Waals surface area contributed by atoms with Gasteiger partial charge in [0, 0.05) is 6.42 Å². The molecular weight excluding hydrogens is 548 g/mol. The summed E-state index contributed by atoms with van der Waals surface area (Å²) in [6.07, 6.45) is 22.2. The van der Waals surface area contributed by atoms with Gasteiger partial charge in [-0.05, 0) is 48.3 Å². The van der Waals surface area contributed by atoms with Crippen molar-refractivity contribution in [1.82, 2.24) is 0 Å². The third-order valence-electron chi connectivity index (χ3n) is 7.42. The number of aryl methyl sites for hydroxylation is 1. The molecule has 0 atom stereocenters. The summed E-state index contributed by atoms with van der Waals surface area (Å²) < 4.78 is 4.35. The summed E-state index contributed by atoms with van der Waals surface area (Å²) >= 11 is 0. The Bertz CT molecular complexity index is 688. The number of ether oxygens (including phenoxy) is 1. The maximum Gasteiger partial charge on any atom is 0.305 e. The first-order valence-corrected chi connectivity index (χ1v) is 19.1. The first-order valence-electron chi connectivity index (χ1n) is 19.1. The number of carbonyl (C=O) groups excluding carboxylic acids is 1. The van der Waals surface area contributed by atoms with Gasteiger partial charge in [0.15, 0.2) is 0 Å². The van der Waals surface area contributed by atoms with Crippen LogP contribution in [0.2, 0.25) is 0 Å². The molecule has 0 spiro atoms. The van der Waals surface area contributed by atoms with Crippen molar-refractivity contribution >= 4 is 5.97 Å². The SMILES string of the molecule is CC(C)(C)C.CC(C)C.CC1CC1.CC1CCC1.CC1CCCC1.CC1CCCCC1.CCCC(=O)OC.Cc1ccccc1. The van der Waals surface area contributed by atoms with Crippen molar-refractivity contribution in [2.75, 3.05) is 7.11 Å². The van der Waals surface area contributed by atoms with Crippen LogP contribution in [0.5, 0.6) is 0 Å². The van der Waals surface area contributed by atoms with Crippen LogP contribution in [0.4, 0.5) is 0 Å². The van der Waals surface area contributed by atoms with E-state index in [0.29, 0.717) is 11.8 Å². The first kappa shape index (κ1) is 48.1. The smallest absolute Gasteiger partial charge is 0.305 e. The number of benzene rings is 1. The van der Waals surface area contributed by atoms with E-state index >= 15 is 0 Å². The molecule has 2 heteroatoms. The maximum absolute atomic E-state index is 10.2. The Kier molecular flexibility index (Phi) is 34.9. The van der Waals surface area contributed by atoms with Crippen LogP contribution in [0, 0.1) is 41.9 Å². The lowest BCUT2D eigenvalue weighted by molar-refractivity contribution is -0.140. The molecule has 5 rings (SSSR count). The molecule has 0 radical (unpaired) electrons. The van der Waals surface area contributed by atoms with Gasteiger partial charge < -0.3 is 4.74 Å². The van der Waals surface area contributed by atoms with E-state index in [0.717, 1.165) is 36.0 Å². The second kappa shape index (κ2) is 32.6. The van der Waals surface area contributed by atoms with Crippen LogP contribution >= 0.6 is 0 Å². The molecular formula is C43H84O2. The number of esters is 1. The highest BCUT2D eigenvalue weighted by molar-refractivity contribution is 5.68. The van der Waals surface area contributed by atoms with Crippen molar-refractivity contribution in [2.24, 2.45) is 35.0 Å². The van der Waals surface area contributed by atoms with Crippen LogP contribution in [-0.4, -0.2) is 13.1 Å². The highest BCUT2D eigenvalue weighted by Gasteiger charge is 2.12. The molecule has 0 amide bonds. The van der Waals surface area contributed by atoms with Crippen LogP contribution < -0.4 is 0 Å². The largest absolute Gasteiger partial charge is 0.469 e. The van der Waals surface area contributed by atoms with Gasteiger partial charge in [-0.25, -0.2) is 0 Å². The minimum Gasteiger partial charge on any atom is -0.469 e. The van der Waals surface area contributed by atoms with Gasteiger partial charge in [-0.15, -0.1) is 0 Å². The second-order valence-electron chi connectivity index (χ2n) is 16.6. The molecule has 0 saturated heterocycles. The molecule has 0 unspecified atom stereocenters. The summed E-state index contributed by atoms with van der Waals surface area (Å²) in [6, 6.07) is 10.3. The Labute approximate surface area is 285 Å². The third-order valence-corrected chi connectivity index (χ3v) is 7.42. The number of methoxy groups -OCH3 is 1. The minimum atomic E-state index is -0.123. The van der Waals surface area contributed by atoms with Crippen molar-refractivity contribution in [3.8, 4) is 0 Å². The normalized spacial score (nSPS) is 17.3. The van der Waals surface area contributed by atoms with Crippen molar-refractivity contribution in [2.45, 2.75) is 193 Å². The average molecular weight is 633 g/mol. The first-order chi connectivity index (χ1) is 21.0. The summed E-state index contributed by atoms with van der Waals surface area (Å²) in [4.78, 5) is 10.2. The van der Waals surface area contributed by atoms with Crippen LogP contribution in [0.25, 0.3) is 0 Å². The second-order valence-corrected chi connectivity index (χ2v) is 16.6. The van der Waals surface area contributed by atoms with Gasteiger partial charge in [0.05, 0.1) is 7.11 Å². The fourth-order valence-corrected chi connectivity index (χ4v) is 4.06. The lowest BCUT2D eigenvalue weighted by Gasteiger charge is -2.18. The fourth-order valence-electron chi connectivity index (χ4n) is 4.06. The molecule has 0 heterocycles. The van der Waals surface area contributed by atoms with Crippen molar-refractivity contribution < 1.29 is 9.53 Å². The molecule has 4 aliphatic rings. The van der Waals surface area contributed by atoms with E-state index in [-0.39, 0.29) is 5.97 Å². The Morgan fingerprint density at radius 1 is 0.667 bits per heavy atom. The van der Waals surface area contributed by atoms with Gasteiger partial charge >= 0.3 is 5.97 Å². The van der Waals surface area contributed by atoms with E-state index in [1.807, 2.05) is 25.1 Å². The topological polar surface area (TPSA) is 26.3 Å². The van der Waals surface area contributed by atoms with E-state index in [1.165, 1.54) is 103 Å². The lowest BCUT2D eigenvalue weighted by Crippen LogP contribution is -2.04. The third kappa shape index (κ3) is 55.5. The molecule has 1 aromatic rings. The summed E-state index contributed by atoms with van der Waals surface area (Å²) in [5.74, 6) is 4.94. The lowest BCUT2D eigenvalue weighted by atomic mass is 9.88. The Morgan fingerprint density at radius 3 is 1.09 bits per heavy atom. The molecule has 45 heavy (non-hydrogen) atoms. The number of hydrogen-bond donors (Lipinski definition) is 0. The van der Waals surface area contributed by atoms with Crippen molar-refractivity contribution in [1.29, 1.82) is 0 Å². The number of carbonyl (C=O) groups is 1. The van der Waals surface area contributed by atoms with Gasteiger partial charge in [-0.1, -0.05) is 209 Å². The monoisotopic (exact) mass is 633 g/mol. The quantitative estimate of drug-likeness (QED) is 0.303. The van der Waals surface area contributed by atoms with Crippen molar-refractivity contribution in [3.63, 3.8) is 0 Å². The molecule has 0 N–H and O–H groups in total. The van der Waals surface area contributed by atoms with E-state index in [2.05, 4.69) is 100.0 Å². The molecule has 1 aromatic carbocycles. The van der Waals surface area contributed by atoms with E-state index in [4.69, 9.17) is 0 Å². The summed E-state index contributed by atoms with van der Waals surface area (Å²) in [7, 11) is 1.40. The predicted molar refractivity (Wildman–Crippen MR) is 205 cm³/mol. The molecule has 0 bridgehead atoms. The van der Waals surface area contributed by atoms with Crippen LogP contribution in [0.1, 0.15) is 191 Å². The Morgan fingerprint density at radius 2 is 0.978 bits per heavy atom. The maximum atomic E-state index is 10.2. The van der Waals surface area contributed by atoms with E-state index in [9.17, 15) is 4.79 Å². The van der Waals surface area contributed by atoms with Gasteiger partial charge in [-0.2, -0.15) is 0 Å². The molecule has 4 fully saturated rings. The zero-order valence-electron chi connectivity index (χ0n) is 33.4. The average Bonchev–Trinajstić information content (AvgIpc) is 3.58. The zero-order chi connectivity index (χ0) is 35.1. The molecule has 4 aliphatic carbocycles. The Balaban J connectivity index is -0.000000452. The molecule has 4 saturated carbocycles. The van der Waals surface area contributed by atoms with Crippen LogP contribution in [0.3, 0.4) is 0 Å². The molecule has 2 nitrogen and oxygen atoms in total. The fraction of sp³-hybridized carbons (Fsp3) is 0.837. The van der Waals surface area contributed by atoms with Gasteiger partial charge in [0.1, 0.15) is 0 Å². The highest BCUT2D eigenvalue weighted by atomic mass is 16.5. The summed E-state index contributed by atoms with van der Waals surface area (Å²) in [5.41, 5.74) is 1.82. The molecule has 0 aromatic heterocycles. The molecule has 0 aliphatic heterocycles. The summed E-state index contributed by atoms with van der Waals surface area (Å²) in [6.45, 7) is 28.6. The van der Waals surface area contributed by atoms with Crippen molar-refractivity contribution in [3.05, 3.63) is 35.9 Å². The van der Waals surface area contributed by atoms with Gasteiger partial charge in [0.2, 0.25) is 0 Å². The van der Waals surface area contributed by atoms with E-state index in [1.54, 1.807) is 0 Å². The number of hydrogen-bond acceptors (Lipinski definition) is 2. The van der Waals surface area contributed by atoms with Crippen LogP contribution in [0.15, 0.2) is 30.3 Å². The molecule has 268 valence electrons. The Hall–Kier alpha value is -1.31. The number of rotatable bonds is 2. The van der Waals surface area contributed by atoms with Gasteiger partial charge in [-0.3, -0.25) is 4.79 Å². The zero-order valence-corrected chi connectivity index (χ0v) is 33.4. The van der Waals surface area contributed by atoms with E-state index < -0.39 is 0 Å².